The summed E-state index contributed by atoms with van der Waals surface area (Å²) in [6.07, 6.45) is 0.922. The average Bonchev–Trinajstić information content (AvgIpc) is 2.54. The first-order valence-electron chi connectivity index (χ1n) is 7.62. The highest BCUT2D eigenvalue weighted by atomic mass is 16.6. The van der Waals surface area contributed by atoms with Gasteiger partial charge in [-0.2, -0.15) is 0 Å². The number of rotatable bonds is 3. The van der Waals surface area contributed by atoms with Crippen molar-refractivity contribution in [2.24, 2.45) is 0 Å². The molecular weight excluding hydrogens is 276 g/mol. The van der Waals surface area contributed by atoms with Crippen LogP contribution in [0.4, 0.5) is 5.69 Å². The summed E-state index contributed by atoms with van der Waals surface area (Å²) in [6, 6.07) is 15.5. The number of nitro groups is 1. The van der Waals surface area contributed by atoms with Crippen LogP contribution < -0.4 is 4.90 Å². The normalized spacial score (nSPS) is 18.6. The molecule has 1 aliphatic rings. The van der Waals surface area contributed by atoms with Crippen molar-refractivity contribution in [3.05, 3.63) is 75.3 Å². The molecule has 1 heterocycles. The van der Waals surface area contributed by atoms with Crippen molar-refractivity contribution in [2.45, 2.75) is 32.4 Å². The summed E-state index contributed by atoms with van der Waals surface area (Å²) in [6.45, 7) is 4.56. The van der Waals surface area contributed by atoms with Gasteiger partial charge in [-0.3, -0.25) is 10.1 Å². The molecule has 0 N–H and O–H groups in total. The van der Waals surface area contributed by atoms with E-state index < -0.39 is 6.04 Å². The molecule has 0 radical (unpaired) electrons. The third-order valence-electron chi connectivity index (χ3n) is 4.49. The summed E-state index contributed by atoms with van der Waals surface area (Å²) < 4.78 is 0. The fourth-order valence-corrected chi connectivity index (χ4v) is 3.26. The number of aryl methyl sites for hydroxylation is 1. The van der Waals surface area contributed by atoms with Crippen LogP contribution in [0.15, 0.2) is 48.5 Å². The third-order valence-corrected chi connectivity index (χ3v) is 4.49. The molecule has 22 heavy (non-hydrogen) atoms. The number of fused-ring (bicyclic) bond motifs is 1. The van der Waals surface area contributed by atoms with E-state index in [0.717, 1.165) is 24.2 Å². The first-order chi connectivity index (χ1) is 10.6. The first kappa shape index (κ1) is 14.6. The maximum Gasteiger partial charge on any atom is 0.234 e. The molecule has 0 bridgehead atoms. The fourth-order valence-electron chi connectivity index (χ4n) is 3.26. The lowest BCUT2D eigenvalue weighted by Crippen LogP contribution is -2.43. The molecule has 0 spiro atoms. The first-order valence-corrected chi connectivity index (χ1v) is 7.62. The molecule has 1 aliphatic heterocycles. The maximum atomic E-state index is 11.4. The molecule has 0 saturated heterocycles. The summed E-state index contributed by atoms with van der Waals surface area (Å²) in [7, 11) is 0. The molecule has 2 unspecified atom stereocenters. The quantitative estimate of drug-likeness (QED) is 0.640. The van der Waals surface area contributed by atoms with Crippen LogP contribution >= 0.6 is 0 Å². The molecule has 3 rings (SSSR count). The molecule has 114 valence electrons. The molecule has 4 nitrogen and oxygen atoms in total. The Balaban J connectivity index is 2.06. The van der Waals surface area contributed by atoms with Gasteiger partial charge in [0.15, 0.2) is 0 Å². The Kier molecular flexibility index (Phi) is 3.84. The van der Waals surface area contributed by atoms with Crippen LogP contribution in [0.25, 0.3) is 0 Å². The summed E-state index contributed by atoms with van der Waals surface area (Å²) in [5.41, 5.74) is 4.56. The molecule has 2 atom stereocenters. The third kappa shape index (κ3) is 2.56. The van der Waals surface area contributed by atoms with E-state index in [0.29, 0.717) is 0 Å². The van der Waals surface area contributed by atoms with Crippen molar-refractivity contribution in [3.8, 4) is 0 Å². The van der Waals surface area contributed by atoms with Gasteiger partial charge in [0.1, 0.15) is 6.04 Å². The summed E-state index contributed by atoms with van der Waals surface area (Å²) in [5.74, 6) is 0. The highest BCUT2D eigenvalue weighted by molar-refractivity contribution is 5.53. The van der Waals surface area contributed by atoms with Crippen molar-refractivity contribution in [1.29, 1.82) is 0 Å². The van der Waals surface area contributed by atoms with Crippen LogP contribution in [0.2, 0.25) is 0 Å². The van der Waals surface area contributed by atoms with E-state index in [1.165, 1.54) is 11.1 Å². The van der Waals surface area contributed by atoms with Gasteiger partial charge in [0.2, 0.25) is 6.04 Å². The van der Waals surface area contributed by atoms with Gasteiger partial charge in [0.05, 0.1) is 0 Å². The lowest BCUT2D eigenvalue weighted by molar-refractivity contribution is -0.522. The lowest BCUT2D eigenvalue weighted by atomic mass is 9.88. The van der Waals surface area contributed by atoms with Crippen LogP contribution in [0.5, 0.6) is 0 Å². The van der Waals surface area contributed by atoms with E-state index >= 15 is 0 Å². The zero-order chi connectivity index (χ0) is 15.7. The van der Waals surface area contributed by atoms with Gasteiger partial charge in [-0.15, -0.1) is 0 Å². The summed E-state index contributed by atoms with van der Waals surface area (Å²) in [5, 5.41) is 11.4. The van der Waals surface area contributed by atoms with E-state index in [1.54, 1.807) is 6.92 Å². The van der Waals surface area contributed by atoms with Gasteiger partial charge >= 0.3 is 0 Å². The maximum absolute atomic E-state index is 11.4. The molecule has 2 aromatic carbocycles. The topological polar surface area (TPSA) is 46.4 Å². The Bertz CT molecular complexity index is 682. The van der Waals surface area contributed by atoms with Crippen LogP contribution in [0.3, 0.4) is 0 Å². The monoisotopic (exact) mass is 296 g/mol. The summed E-state index contributed by atoms with van der Waals surface area (Å²) in [4.78, 5) is 13.4. The minimum atomic E-state index is -0.650. The number of benzene rings is 2. The average molecular weight is 296 g/mol. The standard InChI is InChI=1S/C18H20N2O2/c1-13-7-9-16(10-8-13)19-12-11-15-5-3-4-6-17(15)18(19)14(2)20(21)22/h3-10,14,18H,11-12H2,1-2H3. The Labute approximate surface area is 130 Å². The molecule has 0 aromatic heterocycles. The molecule has 0 saturated carbocycles. The fraction of sp³-hybridized carbons (Fsp3) is 0.333. The van der Waals surface area contributed by atoms with Gasteiger partial charge in [-0.05, 0) is 36.6 Å². The molecule has 0 aliphatic carbocycles. The Morgan fingerprint density at radius 2 is 1.86 bits per heavy atom. The SMILES string of the molecule is Cc1ccc(N2CCc3ccccc3C2C(C)[N+](=O)[O-])cc1. The van der Waals surface area contributed by atoms with Crippen molar-refractivity contribution in [1.82, 2.24) is 0 Å². The van der Waals surface area contributed by atoms with Gasteiger partial charge in [-0.25, -0.2) is 0 Å². The summed E-state index contributed by atoms with van der Waals surface area (Å²) >= 11 is 0. The van der Waals surface area contributed by atoms with E-state index in [2.05, 4.69) is 35.2 Å². The van der Waals surface area contributed by atoms with Crippen molar-refractivity contribution in [3.63, 3.8) is 0 Å². The Hall–Kier alpha value is -2.36. The van der Waals surface area contributed by atoms with Crippen LogP contribution in [0, 0.1) is 17.0 Å². The predicted octanol–water partition coefficient (Wildman–Crippen LogP) is 3.76. The van der Waals surface area contributed by atoms with E-state index in [-0.39, 0.29) is 11.0 Å². The van der Waals surface area contributed by atoms with Gasteiger partial charge < -0.3 is 4.90 Å². The van der Waals surface area contributed by atoms with Crippen LogP contribution in [-0.2, 0) is 6.42 Å². The zero-order valence-electron chi connectivity index (χ0n) is 12.9. The Morgan fingerprint density at radius 1 is 1.18 bits per heavy atom. The zero-order valence-corrected chi connectivity index (χ0v) is 12.9. The predicted molar refractivity (Wildman–Crippen MR) is 87.9 cm³/mol. The molecule has 4 heteroatoms. The molecule has 2 aromatic rings. The highest BCUT2D eigenvalue weighted by Gasteiger charge is 2.37. The van der Waals surface area contributed by atoms with Crippen LogP contribution in [0.1, 0.15) is 29.7 Å². The Morgan fingerprint density at radius 3 is 2.55 bits per heavy atom. The minimum Gasteiger partial charge on any atom is -0.358 e. The smallest absolute Gasteiger partial charge is 0.234 e. The second kappa shape index (κ2) is 5.79. The second-order valence-electron chi connectivity index (χ2n) is 5.95. The second-order valence-corrected chi connectivity index (χ2v) is 5.95. The molecular formula is C18H20N2O2. The highest BCUT2D eigenvalue weighted by Crippen LogP contribution is 2.36. The molecule has 0 amide bonds. The van der Waals surface area contributed by atoms with Crippen LogP contribution in [-0.4, -0.2) is 17.5 Å². The largest absolute Gasteiger partial charge is 0.358 e. The van der Waals surface area contributed by atoms with E-state index in [1.807, 2.05) is 25.1 Å². The van der Waals surface area contributed by atoms with Crippen molar-refractivity contribution in [2.75, 3.05) is 11.4 Å². The lowest BCUT2D eigenvalue weighted by Gasteiger charge is -2.39. The number of hydrogen-bond donors (Lipinski definition) is 0. The van der Waals surface area contributed by atoms with Crippen molar-refractivity contribution >= 4 is 5.69 Å². The molecule has 0 fully saturated rings. The number of anilines is 1. The minimum absolute atomic E-state index is 0.173. The number of hydrogen-bond acceptors (Lipinski definition) is 3. The van der Waals surface area contributed by atoms with E-state index in [9.17, 15) is 10.1 Å². The number of nitrogens with zero attached hydrogens (tertiary/aromatic N) is 2. The van der Waals surface area contributed by atoms with Crippen molar-refractivity contribution < 1.29 is 4.92 Å². The van der Waals surface area contributed by atoms with Gasteiger partial charge in [-0.1, -0.05) is 42.0 Å². The van der Waals surface area contributed by atoms with Gasteiger partial charge in [0, 0.05) is 24.1 Å². The van der Waals surface area contributed by atoms with Gasteiger partial charge in [0.25, 0.3) is 0 Å². The van der Waals surface area contributed by atoms with E-state index in [4.69, 9.17) is 0 Å².